The minimum absolute atomic E-state index is 0.857. The quantitative estimate of drug-likeness (QED) is 0.855. The predicted molar refractivity (Wildman–Crippen MR) is 75.2 cm³/mol. The highest BCUT2D eigenvalue weighted by molar-refractivity contribution is 9.10. The molecule has 0 N–H and O–H groups in total. The van der Waals surface area contributed by atoms with Crippen LogP contribution in [0.1, 0.15) is 11.1 Å². The van der Waals surface area contributed by atoms with Gasteiger partial charge in [0.1, 0.15) is 5.82 Å². The number of hydrogen-bond donors (Lipinski definition) is 0. The maximum Gasteiger partial charge on any atom is 0.142 e. The number of aryl methyl sites for hydroxylation is 1. The summed E-state index contributed by atoms with van der Waals surface area (Å²) < 4.78 is 1.02. The molecular weight excluding hydrogens is 276 g/mol. The number of pyridine rings is 1. The average molecular weight is 291 g/mol. The molecule has 1 heterocycles. The second-order valence-electron chi connectivity index (χ2n) is 4.15. The standard InChI is InChI=1S/C14H15BrN2/c1-11-5-7-12(8-6-11)10-17(2)14-13(15)4-3-9-16-14/h3-9H,10H2,1-2H3. The number of hydrogen-bond acceptors (Lipinski definition) is 2. The Kier molecular flexibility index (Phi) is 3.79. The van der Waals surface area contributed by atoms with Gasteiger partial charge in [-0.05, 0) is 40.5 Å². The van der Waals surface area contributed by atoms with Crippen molar-refractivity contribution in [3.8, 4) is 0 Å². The Balaban J connectivity index is 2.14. The molecule has 3 heteroatoms. The fourth-order valence-electron chi connectivity index (χ4n) is 1.70. The van der Waals surface area contributed by atoms with Crippen LogP contribution in [0.15, 0.2) is 47.1 Å². The average Bonchev–Trinajstić information content (AvgIpc) is 2.32. The van der Waals surface area contributed by atoms with E-state index in [-0.39, 0.29) is 0 Å². The van der Waals surface area contributed by atoms with Crippen molar-refractivity contribution in [2.24, 2.45) is 0 Å². The zero-order chi connectivity index (χ0) is 12.3. The van der Waals surface area contributed by atoms with Crippen molar-refractivity contribution in [2.45, 2.75) is 13.5 Å². The molecule has 17 heavy (non-hydrogen) atoms. The molecule has 0 saturated carbocycles. The molecule has 1 aromatic heterocycles. The second-order valence-corrected chi connectivity index (χ2v) is 5.00. The minimum Gasteiger partial charge on any atom is -0.354 e. The molecule has 0 saturated heterocycles. The minimum atomic E-state index is 0.857. The zero-order valence-corrected chi connectivity index (χ0v) is 11.6. The molecule has 88 valence electrons. The van der Waals surface area contributed by atoms with Gasteiger partial charge in [-0.25, -0.2) is 4.98 Å². The van der Waals surface area contributed by atoms with Crippen LogP contribution in [0.3, 0.4) is 0 Å². The highest BCUT2D eigenvalue weighted by Gasteiger charge is 2.06. The molecule has 0 unspecified atom stereocenters. The maximum absolute atomic E-state index is 4.37. The Morgan fingerprint density at radius 3 is 2.53 bits per heavy atom. The Bertz CT molecular complexity index is 494. The SMILES string of the molecule is Cc1ccc(CN(C)c2ncccc2Br)cc1. The highest BCUT2D eigenvalue weighted by Crippen LogP contribution is 2.23. The summed E-state index contributed by atoms with van der Waals surface area (Å²) in [6, 6.07) is 12.5. The number of halogens is 1. The van der Waals surface area contributed by atoms with Crippen molar-refractivity contribution in [2.75, 3.05) is 11.9 Å². The largest absolute Gasteiger partial charge is 0.354 e. The van der Waals surface area contributed by atoms with Crippen molar-refractivity contribution < 1.29 is 0 Å². The molecule has 0 amide bonds. The van der Waals surface area contributed by atoms with Crippen molar-refractivity contribution in [1.82, 2.24) is 4.98 Å². The topological polar surface area (TPSA) is 16.1 Å². The van der Waals surface area contributed by atoms with Crippen LogP contribution in [0, 0.1) is 6.92 Å². The van der Waals surface area contributed by atoms with Gasteiger partial charge in [-0.2, -0.15) is 0 Å². The van der Waals surface area contributed by atoms with Crippen molar-refractivity contribution in [3.63, 3.8) is 0 Å². The number of benzene rings is 1. The Hall–Kier alpha value is -1.35. The van der Waals surface area contributed by atoms with Gasteiger partial charge in [0.05, 0.1) is 4.47 Å². The highest BCUT2D eigenvalue weighted by atomic mass is 79.9. The summed E-state index contributed by atoms with van der Waals surface area (Å²) >= 11 is 3.52. The molecular formula is C14H15BrN2. The Labute approximate surface area is 110 Å². The first-order valence-electron chi connectivity index (χ1n) is 5.54. The summed E-state index contributed by atoms with van der Waals surface area (Å²) in [5.41, 5.74) is 2.58. The molecule has 2 aromatic rings. The third-order valence-electron chi connectivity index (χ3n) is 2.64. The first kappa shape index (κ1) is 12.1. The summed E-state index contributed by atoms with van der Waals surface area (Å²) in [6.07, 6.45) is 1.81. The monoisotopic (exact) mass is 290 g/mol. The van der Waals surface area contributed by atoms with E-state index in [4.69, 9.17) is 0 Å². The van der Waals surface area contributed by atoms with Gasteiger partial charge in [-0.3, -0.25) is 0 Å². The van der Waals surface area contributed by atoms with Gasteiger partial charge in [-0.1, -0.05) is 29.8 Å². The van der Waals surface area contributed by atoms with E-state index < -0.39 is 0 Å². The molecule has 2 nitrogen and oxygen atoms in total. The fraction of sp³-hybridized carbons (Fsp3) is 0.214. The summed E-state index contributed by atoms with van der Waals surface area (Å²) in [7, 11) is 2.05. The van der Waals surface area contributed by atoms with Crippen molar-refractivity contribution >= 4 is 21.7 Å². The summed E-state index contributed by atoms with van der Waals surface area (Å²) in [4.78, 5) is 6.50. The van der Waals surface area contributed by atoms with Gasteiger partial charge in [0, 0.05) is 19.8 Å². The van der Waals surface area contributed by atoms with E-state index in [1.54, 1.807) is 0 Å². The van der Waals surface area contributed by atoms with Crippen molar-refractivity contribution in [1.29, 1.82) is 0 Å². The molecule has 0 aliphatic rings. The lowest BCUT2D eigenvalue weighted by Gasteiger charge is -2.19. The van der Waals surface area contributed by atoms with E-state index in [2.05, 4.69) is 57.0 Å². The lowest BCUT2D eigenvalue weighted by Crippen LogP contribution is -2.18. The second kappa shape index (κ2) is 5.32. The predicted octanol–water partition coefficient (Wildman–Crippen LogP) is 3.79. The number of anilines is 1. The van der Waals surface area contributed by atoms with Gasteiger partial charge in [0.2, 0.25) is 0 Å². The molecule has 1 aromatic carbocycles. The van der Waals surface area contributed by atoms with Crippen LogP contribution in [0.4, 0.5) is 5.82 Å². The summed E-state index contributed by atoms with van der Waals surface area (Å²) in [5, 5.41) is 0. The lowest BCUT2D eigenvalue weighted by molar-refractivity contribution is 0.893. The van der Waals surface area contributed by atoms with Crippen LogP contribution in [-0.4, -0.2) is 12.0 Å². The molecule has 0 atom stereocenters. The third-order valence-corrected chi connectivity index (χ3v) is 3.26. The Morgan fingerprint density at radius 2 is 1.88 bits per heavy atom. The summed E-state index contributed by atoms with van der Waals surface area (Å²) in [5.74, 6) is 0.966. The molecule has 0 spiro atoms. The van der Waals surface area contributed by atoms with Crippen LogP contribution in [0.5, 0.6) is 0 Å². The summed E-state index contributed by atoms with van der Waals surface area (Å²) in [6.45, 7) is 2.96. The smallest absolute Gasteiger partial charge is 0.142 e. The Morgan fingerprint density at radius 1 is 1.18 bits per heavy atom. The molecule has 0 aliphatic carbocycles. The van der Waals surface area contributed by atoms with E-state index in [0.717, 1.165) is 16.8 Å². The van der Waals surface area contributed by atoms with E-state index in [9.17, 15) is 0 Å². The molecule has 0 fully saturated rings. The van der Waals surface area contributed by atoms with Gasteiger partial charge >= 0.3 is 0 Å². The molecule has 2 rings (SSSR count). The van der Waals surface area contributed by atoms with Crippen molar-refractivity contribution in [3.05, 3.63) is 58.2 Å². The van der Waals surface area contributed by atoms with E-state index in [1.807, 2.05) is 25.4 Å². The normalized spacial score (nSPS) is 10.3. The van der Waals surface area contributed by atoms with Crippen LogP contribution in [-0.2, 0) is 6.54 Å². The first-order chi connectivity index (χ1) is 8.16. The van der Waals surface area contributed by atoms with Crippen LogP contribution in [0.2, 0.25) is 0 Å². The lowest BCUT2D eigenvalue weighted by atomic mass is 10.1. The zero-order valence-electron chi connectivity index (χ0n) is 10.0. The third kappa shape index (κ3) is 3.07. The van der Waals surface area contributed by atoms with Crippen LogP contribution in [0.25, 0.3) is 0 Å². The van der Waals surface area contributed by atoms with Crippen LogP contribution >= 0.6 is 15.9 Å². The fourth-order valence-corrected chi connectivity index (χ4v) is 2.26. The molecule has 0 aliphatic heterocycles. The molecule has 0 radical (unpaired) electrons. The number of rotatable bonds is 3. The van der Waals surface area contributed by atoms with Gasteiger partial charge < -0.3 is 4.90 Å². The van der Waals surface area contributed by atoms with Gasteiger partial charge in [0.15, 0.2) is 0 Å². The first-order valence-corrected chi connectivity index (χ1v) is 6.33. The maximum atomic E-state index is 4.37. The van der Waals surface area contributed by atoms with Gasteiger partial charge in [-0.15, -0.1) is 0 Å². The number of nitrogens with zero attached hydrogens (tertiary/aromatic N) is 2. The van der Waals surface area contributed by atoms with Crippen LogP contribution < -0.4 is 4.90 Å². The molecule has 0 bridgehead atoms. The van der Waals surface area contributed by atoms with E-state index in [1.165, 1.54) is 11.1 Å². The van der Waals surface area contributed by atoms with E-state index in [0.29, 0.717) is 0 Å². The number of aromatic nitrogens is 1. The van der Waals surface area contributed by atoms with E-state index >= 15 is 0 Å². The van der Waals surface area contributed by atoms with Gasteiger partial charge in [0.25, 0.3) is 0 Å².